The van der Waals surface area contributed by atoms with E-state index in [0.717, 1.165) is 19.6 Å². The van der Waals surface area contributed by atoms with Crippen LogP contribution in [-0.2, 0) is 9.53 Å². The molecule has 0 spiro atoms. The van der Waals surface area contributed by atoms with Crippen molar-refractivity contribution in [1.29, 1.82) is 0 Å². The summed E-state index contributed by atoms with van der Waals surface area (Å²) in [5.74, 6) is -0.246. The predicted molar refractivity (Wildman–Crippen MR) is 50.3 cm³/mol. The first kappa shape index (κ1) is 10.5. The first-order valence-electron chi connectivity index (χ1n) is 4.89. The number of amides is 1. The highest BCUT2D eigenvalue weighted by atomic mass is 16.5. The molecule has 1 aliphatic rings. The Labute approximate surface area is 78.8 Å². The van der Waals surface area contributed by atoms with Gasteiger partial charge < -0.3 is 15.8 Å². The van der Waals surface area contributed by atoms with E-state index in [1.165, 1.54) is 12.8 Å². The summed E-state index contributed by atoms with van der Waals surface area (Å²) in [6.07, 6.45) is 4.26. The average Bonchev–Trinajstić information content (AvgIpc) is 2.55. The molecular weight excluding hydrogens is 168 g/mol. The summed E-state index contributed by atoms with van der Waals surface area (Å²) in [6, 6.07) is 0. The fourth-order valence-electron chi connectivity index (χ4n) is 1.47. The molecule has 76 valence electrons. The molecular formula is C9H18N2O2. The van der Waals surface area contributed by atoms with E-state index < -0.39 is 0 Å². The smallest absolute Gasteiger partial charge is 0.218 e. The first-order chi connectivity index (χ1) is 6.29. The SMILES string of the molecule is NC(=O)CCNCCC1CCCO1. The molecule has 0 aromatic heterocycles. The van der Waals surface area contributed by atoms with Crippen LogP contribution in [0.1, 0.15) is 25.7 Å². The van der Waals surface area contributed by atoms with E-state index in [4.69, 9.17) is 10.5 Å². The number of primary amides is 1. The lowest BCUT2D eigenvalue weighted by molar-refractivity contribution is -0.117. The van der Waals surface area contributed by atoms with Gasteiger partial charge in [-0.2, -0.15) is 0 Å². The largest absolute Gasteiger partial charge is 0.378 e. The molecule has 4 nitrogen and oxygen atoms in total. The molecule has 0 bridgehead atoms. The van der Waals surface area contributed by atoms with Crippen molar-refractivity contribution in [2.24, 2.45) is 5.73 Å². The first-order valence-corrected chi connectivity index (χ1v) is 4.89. The molecule has 0 aromatic rings. The number of hydrogen-bond acceptors (Lipinski definition) is 3. The summed E-state index contributed by atoms with van der Waals surface area (Å²) < 4.78 is 5.45. The zero-order chi connectivity index (χ0) is 9.52. The van der Waals surface area contributed by atoms with Crippen molar-refractivity contribution in [3.05, 3.63) is 0 Å². The van der Waals surface area contributed by atoms with E-state index in [0.29, 0.717) is 19.1 Å². The molecule has 0 aliphatic carbocycles. The maximum Gasteiger partial charge on any atom is 0.218 e. The second-order valence-electron chi connectivity index (χ2n) is 3.39. The maximum absolute atomic E-state index is 10.4. The topological polar surface area (TPSA) is 64.4 Å². The summed E-state index contributed by atoms with van der Waals surface area (Å²) in [4.78, 5) is 10.4. The number of nitrogens with two attached hydrogens (primary N) is 1. The van der Waals surface area contributed by atoms with Crippen molar-refractivity contribution >= 4 is 5.91 Å². The Hall–Kier alpha value is -0.610. The van der Waals surface area contributed by atoms with Gasteiger partial charge in [-0.3, -0.25) is 4.79 Å². The second-order valence-corrected chi connectivity index (χ2v) is 3.39. The van der Waals surface area contributed by atoms with Gasteiger partial charge in [-0.25, -0.2) is 0 Å². The van der Waals surface area contributed by atoms with Gasteiger partial charge in [0, 0.05) is 19.6 Å². The highest BCUT2D eigenvalue weighted by molar-refractivity contribution is 5.73. The minimum Gasteiger partial charge on any atom is -0.378 e. The minimum atomic E-state index is -0.246. The van der Waals surface area contributed by atoms with Crippen molar-refractivity contribution in [2.45, 2.75) is 31.8 Å². The average molecular weight is 186 g/mol. The zero-order valence-corrected chi connectivity index (χ0v) is 7.92. The summed E-state index contributed by atoms with van der Waals surface area (Å²) in [5.41, 5.74) is 4.99. The van der Waals surface area contributed by atoms with Gasteiger partial charge >= 0.3 is 0 Å². The molecule has 4 heteroatoms. The molecule has 0 aromatic carbocycles. The van der Waals surface area contributed by atoms with E-state index in [-0.39, 0.29) is 5.91 Å². The third-order valence-electron chi connectivity index (χ3n) is 2.22. The summed E-state index contributed by atoms with van der Waals surface area (Å²) in [7, 11) is 0. The Morgan fingerprint density at radius 3 is 3.00 bits per heavy atom. The van der Waals surface area contributed by atoms with Gasteiger partial charge in [-0.05, 0) is 25.8 Å². The second kappa shape index (κ2) is 5.94. The maximum atomic E-state index is 10.4. The Bertz CT molecular complexity index is 156. The van der Waals surface area contributed by atoms with Crippen molar-refractivity contribution in [2.75, 3.05) is 19.7 Å². The van der Waals surface area contributed by atoms with Crippen LogP contribution in [-0.4, -0.2) is 31.7 Å². The lowest BCUT2D eigenvalue weighted by Gasteiger charge is -2.09. The number of carbonyl (C=O) groups is 1. The van der Waals surface area contributed by atoms with Crippen LogP contribution in [0.2, 0.25) is 0 Å². The number of hydrogen-bond donors (Lipinski definition) is 2. The lowest BCUT2D eigenvalue weighted by Crippen LogP contribution is -2.25. The molecule has 13 heavy (non-hydrogen) atoms. The van der Waals surface area contributed by atoms with E-state index in [2.05, 4.69) is 5.32 Å². The zero-order valence-electron chi connectivity index (χ0n) is 7.92. The lowest BCUT2D eigenvalue weighted by atomic mass is 10.2. The van der Waals surface area contributed by atoms with Gasteiger partial charge in [-0.1, -0.05) is 0 Å². The quantitative estimate of drug-likeness (QED) is 0.575. The molecule has 1 atom stereocenters. The van der Waals surface area contributed by atoms with Gasteiger partial charge in [0.05, 0.1) is 6.10 Å². The number of nitrogens with one attached hydrogen (secondary N) is 1. The number of rotatable bonds is 6. The highest BCUT2D eigenvalue weighted by Gasteiger charge is 2.14. The predicted octanol–water partition coefficient (Wildman–Crippen LogP) is 0.0205. The summed E-state index contributed by atoms with van der Waals surface area (Å²) in [6.45, 7) is 2.51. The molecule has 1 rings (SSSR count). The number of ether oxygens (including phenoxy) is 1. The molecule has 1 heterocycles. The normalized spacial score (nSPS) is 22.0. The van der Waals surface area contributed by atoms with Gasteiger partial charge in [-0.15, -0.1) is 0 Å². The fourth-order valence-corrected chi connectivity index (χ4v) is 1.47. The molecule has 1 saturated heterocycles. The van der Waals surface area contributed by atoms with E-state index in [1.54, 1.807) is 0 Å². The summed E-state index contributed by atoms with van der Waals surface area (Å²) in [5, 5.41) is 3.16. The molecule has 0 radical (unpaired) electrons. The number of carbonyl (C=O) groups excluding carboxylic acids is 1. The van der Waals surface area contributed by atoms with Crippen LogP contribution in [0.3, 0.4) is 0 Å². The minimum absolute atomic E-state index is 0.246. The fraction of sp³-hybridized carbons (Fsp3) is 0.889. The molecule has 1 fully saturated rings. The van der Waals surface area contributed by atoms with Crippen LogP contribution in [0.4, 0.5) is 0 Å². The van der Waals surface area contributed by atoms with Crippen LogP contribution >= 0.6 is 0 Å². The van der Waals surface area contributed by atoms with Crippen LogP contribution < -0.4 is 11.1 Å². The van der Waals surface area contributed by atoms with Crippen molar-refractivity contribution in [1.82, 2.24) is 5.32 Å². The highest BCUT2D eigenvalue weighted by Crippen LogP contribution is 2.14. The third-order valence-corrected chi connectivity index (χ3v) is 2.22. The summed E-state index contributed by atoms with van der Waals surface area (Å²) >= 11 is 0. The Morgan fingerprint density at radius 2 is 2.38 bits per heavy atom. The van der Waals surface area contributed by atoms with Gasteiger partial charge in [0.1, 0.15) is 0 Å². The molecule has 1 aliphatic heterocycles. The van der Waals surface area contributed by atoms with Crippen LogP contribution in [0.25, 0.3) is 0 Å². The van der Waals surface area contributed by atoms with E-state index in [9.17, 15) is 4.79 Å². The van der Waals surface area contributed by atoms with Gasteiger partial charge in [0.2, 0.25) is 5.91 Å². The van der Waals surface area contributed by atoms with Gasteiger partial charge in [0.15, 0.2) is 0 Å². The van der Waals surface area contributed by atoms with Crippen LogP contribution in [0.15, 0.2) is 0 Å². The molecule has 1 unspecified atom stereocenters. The van der Waals surface area contributed by atoms with Crippen LogP contribution in [0.5, 0.6) is 0 Å². The van der Waals surface area contributed by atoms with Crippen LogP contribution in [0, 0.1) is 0 Å². The molecule has 3 N–H and O–H groups in total. The van der Waals surface area contributed by atoms with Crippen molar-refractivity contribution in [3.63, 3.8) is 0 Å². The molecule has 1 amide bonds. The van der Waals surface area contributed by atoms with Crippen molar-refractivity contribution in [3.8, 4) is 0 Å². The van der Waals surface area contributed by atoms with Gasteiger partial charge in [0.25, 0.3) is 0 Å². The Morgan fingerprint density at radius 1 is 1.54 bits per heavy atom. The van der Waals surface area contributed by atoms with E-state index >= 15 is 0 Å². The molecule has 0 saturated carbocycles. The van der Waals surface area contributed by atoms with Crippen molar-refractivity contribution < 1.29 is 9.53 Å². The Kier molecular flexibility index (Phi) is 4.78. The standard InChI is InChI=1S/C9H18N2O2/c10-9(12)4-6-11-5-3-8-2-1-7-13-8/h8,11H,1-7H2,(H2,10,12). The Balaban J connectivity index is 1.86. The monoisotopic (exact) mass is 186 g/mol. The third kappa shape index (κ3) is 4.85. The van der Waals surface area contributed by atoms with E-state index in [1.807, 2.05) is 0 Å².